The molecule has 0 aromatic carbocycles. The maximum atomic E-state index is 9.18. The molecule has 0 amide bonds. The summed E-state index contributed by atoms with van der Waals surface area (Å²) in [6.07, 6.45) is 1.31. The van der Waals surface area contributed by atoms with Crippen molar-refractivity contribution in [2.75, 3.05) is 29.9 Å². The Morgan fingerprint density at radius 1 is 1.26 bits per heavy atom. The fourth-order valence-electron chi connectivity index (χ4n) is 1.66. The average molecular weight is 288 g/mol. The van der Waals surface area contributed by atoms with Crippen LogP contribution in [0.2, 0.25) is 5.28 Å². The molecule has 7 heteroatoms. The van der Waals surface area contributed by atoms with Gasteiger partial charge in [0.1, 0.15) is 0 Å². The molecule has 1 aromatic heterocycles. The molecule has 19 heavy (non-hydrogen) atoms. The molecule has 1 atom stereocenters. The van der Waals surface area contributed by atoms with Crippen molar-refractivity contribution < 1.29 is 5.11 Å². The molecule has 0 saturated carbocycles. The number of halogens is 1. The van der Waals surface area contributed by atoms with Crippen LogP contribution >= 0.6 is 11.6 Å². The van der Waals surface area contributed by atoms with E-state index in [4.69, 9.17) is 11.6 Å². The van der Waals surface area contributed by atoms with Crippen LogP contribution in [-0.4, -0.2) is 45.8 Å². The van der Waals surface area contributed by atoms with Crippen molar-refractivity contribution in [1.29, 1.82) is 0 Å². The predicted molar refractivity (Wildman–Crippen MR) is 77.8 cm³/mol. The zero-order valence-electron chi connectivity index (χ0n) is 11.7. The fourth-order valence-corrected chi connectivity index (χ4v) is 1.82. The van der Waals surface area contributed by atoms with Gasteiger partial charge in [-0.1, -0.05) is 0 Å². The molecule has 1 aromatic rings. The number of hydrogen-bond acceptors (Lipinski definition) is 6. The smallest absolute Gasteiger partial charge is 0.231 e. The Bertz CT molecular complexity index is 384. The van der Waals surface area contributed by atoms with Crippen LogP contribution in [-0.2, 0) is 0 Å². The quantitative estimate of drug-likeness (QED) is 0.712. The van der Waals surface area contributed by atoms with Gasteiger partial charge in [0.05, 0.1) is 6.10 Å². The molecular formula is C12H22ClN5O. The predicted octanol–water partition coefficient (Wildman–Crippen LogP) is 1.94. The van der Waals surface area contributed by atoms with Crippen molar-refractivity contribution >= 4 is 23.5 Å². The van der Waals surface area contributed by atoms with Crippen LogP contribution in [0, 0.1) is 0 Å². The SMILES string of the molecule is CCN(CC)c1nc(Cl)nc(NCCCC(C)O)n1. The summed E-state index contributed by atoms with van der Waals surface area (Å²) in [6.45, 7) is 8.19. The van der Waals surface area contributed by atoms with Gasteiger partial charge in [0.15, 0.2) is 0 Å². The minimum Gasteiger partial charge on any atom is -0.393 e. The largest absolute Gasteiger partial charge is 0.393 e. The Labute approximate surface area is 119 Å². The van der Waals surface area contributed by atoms with Gasteiger partial charge in [-0.05, 0) is 45.2 Å². The number of nitrogens with zero attached hydrogens (tertiary/aromatic N) is 4. The summed E-state index contributed by atoms with van der Waals surface area (Å²) in [6, 6.07) is 0. The first kappa shape index (κ1) is 15.9. The summed E-state index contributed by atoms with van der Waals surface area (Å²) in [5, 5.41) is 12.5. The molecule has 108 valence electrons. The number of aromatic nitrogens is 3. The normalized spacial score (nSPS) is 12.3. The van der Waals surface area contributed by atoms with Gasteiger partial charge in [-0.15, -0.1) is 0 Å². The molecule has 0 aliphatic carbocycles. The second-order valence-corrected chi connectivity index (χ2v) is 4.66. The Hall–Kier alpha value is -1.14. The van der Waals surface area contributed by atoms with Crippen LogP contribution in [0.5, 0.6) is 0 Å². The minimum absolute atomic E-state index is 0.190. The van der Waals surface area contributed by atoms with E-state index in [0.29, 0.717) is 18.4 Å². The highest BCUT2D eigenvalue weighted by Crippen LogP contribution is 2.13. The van der Waals surface area contributed by atoms with Crippen LogP contribution in [0.15, 0.2) is 0 Å². The van der Waals surface area contributed by atoms with Gasteiger partial charge in [0.2, 0.25) is 17.2 Å². The lowest BCUT2D eigenvalue weighted by molar-refractivity contribution is 0.183. The molecule has 6 nitrogen and oxygen atoms in total. The molecular weight excluding hydrogens is 266 g/mol. The van der Waals surface area contributed by atoms with E-state index in [1.165, 1.54) is 0 Å². The topological polar surface area (TPSA) is 74.2 Å². The van der Waals surface area contributed by atoms with Crippen molar-refractivity contribution in [1.82, 2.24) is 15.0 Å². The number of anilines is 2. The van der Waals surface area contributed by atoms with Crippen LogP contribution < -0.4 is 10.2 Å². The molecule has 1 heterocycles. The van der Waals surface area contributed by atoms with Gasteiger partial charge < -0.3 is 15.3 Å². The first-order chi connectivity index (χ1) is 9.06. The van der Waals surface area contributed by atoms with Crippen molar-refractivity contribution in [2.24, 2.45) is 0 Å². The molecule has 0 aliphatic rings. The third-order valence-electron chi connectivity index (χ3n) is 2.72. The van der Waals surface area contributed by atoms with E-state index < -0.39 is 0 Å². The van der Waals surface area contributed by atoms with Crippen molar-refractivity contribution in [3.63, 3.8) is 0 Å². The van der Waals surface area contributed by atoms with Gasteiger partial charge in [0, 0.05) is 19.6 Å². The Morgan fingerprint density at radius 3 is 2.53 bits per heavy atom. The third kappa shape index (κ3) is 5.57. The standard InChI is InChI=1S/C12H22ClN5O/c1-4-18(5-2)12-16-10(13)15-11(17-12)14-8-6-7-9(3)19/h9,19H,4-8H2,1-3H3,(H,14,15,16,17). The summed E-state index contributed by atoms with van der Waals surface area (Å²) in [5.41, 5.74) is 0. The van der Waals surface area contributed by atoms with Crippen LogP contribution in [0.1, 0.15) is 33.6 Å². The van der Waals surface area contributed by atoms with E-state index >= 15 is 0 Å². The van der Waals surface area contributed by atoms with Gasteiger partial charge in [-0.25, -0.2) is 0 Å². The second-order valence-electron chi connectivity index (χ2n) is 4.32. The van der Waals surface area contributed by atoms with E-state index in [-0.39, 0.29) is 11.4 Å². The number of hydrogen-bond donors (Lipinski definition) is 2. The maximum Gasteiger partial charge on any atom is 0.231 e. The lowest BCUT2D eigenvalue weighted by atomic mass is 10.2. The van der Waals surface area contributed by atoms with E-state index in [0.717, 1.165) is 25.9 Å². The summed E-state index contributed by atoms with van der Waals surface area (Å²) in [4.78, 5) is 14.5. The van der Waals surface area contributed by atoms with Crippen LogP contribution in [0.3, 0.4) is 0 Å². The lowest BCUT2D eigenvalue weighted by Crippen LogP contribution is -2.25. The minimum atomic E-state index is -0.282. The van der Waals surface area contributed by atoms with E-state index in [1.54, 1.807) is 6.92 Å². The van der Waals surface area contributed by atoms with E-state index in [9.17, 15) is 5.11 Å². The lowest BCUT2D eigenvalue weighted by Gasteiger charge is -2.18. The van der Waals surface area contributed by atoms with Crippen molar-refractivity contribution in [3.8, 4) is 0 Å². The number of rotatable bonds is 8. The highest BCUT2D eigenvalue weighted by atomic mass is 35.5. The molecule has 0 fully saturated rings. The molecule has 2 N–H and O–H groups in total. The number of aliphatic hydroxyl groups excluding tert-OH is 1. The molecule has 1 rings (SSSR count). The molecule has 0 aliphatic heterocycles. The van der Waals surface area contributed by atoms with Gasteiger partial charge in [-0.3, -0.25) is 0 Å². The molecule has 0 radical (unpaired) electrons. The molecule has 0 bridgehead atoms. The maximum absolute atomic E-state index is 9.18. The Balaban J connectivity index is 2.63. The second kappa shape index (κ2) is 8.12. The fraction of sp³-hybridized carbons (Fsp3) is 0.750. The monoisotopic (exact) mass is 287 g/mol. The number of nitrogens with one attached hydrogen (secondary N) is 1. The van der Waals surface area contributed by atoms with Crippen molar-refractivity contribution in [3.05, 3.63) is 5.28 Å². The highest BCUT2D eigenvalue weighted by molar-refractivity contribution is 6.28. The summed E-state index contributed by atoms with van der Waals surface area (Å²) in [5.74, 6) is 1.07. The van der Waals surface area contributed by atoms with Gasteiger partial charge in [0.25, 0.3) is 0 Å². The first-order valence-electron chi connectivity index (χ1n) is 6.65. The summed E-state index contributed by atoms with van der Waals surface area (Å²) < 4.78 is 0. The van der Waals surface area contributed by atoms with Crippen LogP contribution in [0.4, 0.5) is 11.9 Å². The number of aliphatic hydroxyl groups is 1. The van der Waals surface area contributed by atoms with E-state index in [1.807, 2.05) is 18.7 Å². The Kier molecular flexibility index (Phi) is 6.80. The third-order valence-corrected chi connectivity index (χ3v) is 2.89. The zero-order chi connectivity index (χ0) is 14.3. The highest BCUT2D eigenvalue weighted by Gasteiger charge is 2.09. The molecule has 1 unspecified atom stereocenters. The summed E-state index contributed by atoms with van der Waals surface area (Å²) >= 11 is 5.90. The van der Waals surface area contributed by atoms with Crippen molar-refractivity contribution in [2.45, 2.75) is 39.7 Å². The zero-order valence-corrected chi connectivity index (χ0v) is 12.5. The van der Waals surface area contributed by atoms with E-state index in [2.05, 4.69) is 20.3 Å². The van der Waals surface area contributed by atoms with Gasteiger partial charge >= 0.3 is 0 Å². The molecule has 0 spiro atoms. The Morgan fingerprint density at radius 2 is 1.95 bits per heavy atom. The molecule has 0 saturated heterocycles. The van der Waals surface area contributed by atoms with Crippen LogP contribution in [0.25, 0.3) is 0 Å². The average Bonchev–Trinajstić information content (AvgIpc) is 2.35. The van der Waals surface area contributed by atoms with Gasteiger partial charge in [-0.2, -0.15) is 15.0 Å². The summed E-state index contributed by atoms with van der Waals surface area (Å²) in [7, 11) is 0. The first-order valence-corrected chi connectivity index (χ1v) is 7.03.